The van der Waals surface area contributed by atoms with Gasteiger partial charge in [0.1, 0.15) is 5.82 Å². The number of imidazole rings is 1. The summed E-state index contributed by atoms with van der Waals surface area (Å²) in [6.45, 7) is 7.39. The third-order valence-corrected chi connectivity index (χ3v) is 3.11. The summed E-state index contributed by atoms with van der Waals surface area (Å²) >= 11 is 0. The average Bonchev–Trinajstić information content (AvgIpc) is 2.73. The minimum atomic E-state index is 0.179. The highest BCUT2D eigenvalue weighted by Crippen LogP contribution is 2.16. The topological polar surface area (TPSA) is 46.9 Å². The van der Waals surface area contributed by atoms with Gasteiger partial charge in [0, 0.05) is 12.6 Å². The van der Waals surface area contributed by atoms with Gasteiger partial charge in [-0.3, -0.25) is 4.79 Å². The molecule has 0 atom stereocenters. The number of nitrogens with one attached hydrogen (secondary N) is 1. The summed E-state index contributed by atoms with van der Waals surface area (Å²) in [5.41, 5.74) is 2.06. The lowest BCUT2D eigenvalue weighted by Gasteiger charge is -2.08. The van der Waals surface area contributed by atoms with Crippen LogP contribution in [0.1, 0.15) is 26.6 Å². The van der Waals surface area contributed by atoms with Crippen LogP contribution in [-0.2, 0) is 17.8 Å². The molecule has 4 nitrogen and oxygen atoms in total. The predicted molar refractivity (Wildman–Crippen MR) is 77.3 cm³/mol. The van der Waals surface area contributed by atoms with E-state index in [1.807, 2.05) is 38.1 Å². The molecule has 19 heavy (non-hydrogen) atoms. The van der Waals surface area contributed by atoms with Crippen LogP contribution in [0.4, 0.5) is 0 Å². The first-order valence-electron chi connectivity index (χ1n) is 6.81. The second-order valence-corrected chi connectivity index (χ2v) is 5.01. The van der Waals surface area contributed by atoms with Crippen LogP contribution in [0.25, 0.3) is 11.0 Å². The molecular weight excluding hydrogens is 238 g/mol. The van der Waals surface area contributed by atoms with Gasteiger partial charge in [-0.15, -0.1) is 0 Å². The van der Waals surface area contributed by atoms with Crippen molar-refractivity contribution in [2.24, 2.45) is 0 Å². The number of Topliss-reactive ketones (excluding diaryl/α,β-unsaturated/α-hetero) is 1. The van der Waals surface area contributed by atoms with Crippen LogP contribution in [0.15, 0.2) is 24.3 Å². The number of para-hydroxylation sites is 2. The lowest BCUT2D eigenvalue weighted by Crippen LogP contribution is -2.30. The number of benzene rings is 1. The van der Waals surface area contributed by atoms with E-state index in [9.17, 15) is 4.79 Å². The Balaban J connectivity index is 2.18. The van der Waals surface area contributed by atoms with Gasteiger partial charge in [0.25, 0.3) is 0 Å². The monoisotopic (exact) mass is 259 g/mol. The fourth-order valence-electron chi connectivity index (χ4n) is 2.17. The van der Waals surface area contributed by atoms with Crippen molar-refractivity contribution in [2.75, 3.05) is 6.54 Å². The molecule has 0 amide bonds. The van der Waals surface area contributed by atoms with E-state index in [-0.39, 0.29) is 5.78 Å². The predicted octanol–water partition coefficient (Wildman–Crippen LogP) is 2.17. The lowest BCUT2D eigenvalue weighted by atomic mass is 10.2. The van der Waals surface area contributed by atoms with E-state index in [1.54, 1.807) is 0 Å². The highest BCUT2D eigenvalue weighted by molar-refractivity contribution is 5.84. The number of carbonyl (C=O) groups is 1. The quantitative estimate of drug-likeness (QED) is 0.865. The maximum atomic E-state index is 11.9. The molecule has 0 aliphatic rings. The molecule has 2 aromatic rings. The molecule has 0 bridgehead atoms. The van der Waals surface area contributed by atoms with Crippen LogP contribution < -0.4 is 5.32 Å². The van der Waals surface area contributed by atoms with Crippen molar-refractivity contribution in [1.29, 1.82) is 0 Å². The van der Waals surface area contributed by atoms with Gasteiger partial charge < -0.3 is 9.88 Å². The zero-order chi connectivity index (χ0) is 13.8. The van der Waals surface area contributed by atoms with Gasteiger partial charge in [-0.25, -0.2) is 4.98 Å². The number of aryl methyl sites for hydroxylation is 1. The number of rotatable bonds is 6. The molecule has 0 aliphatic heterocycles. The van der Waals surface area contributed by atoms with Gasteiger partial charge in [0.05, 0.1) is 24.0 Å². The zero-order valence-corrected chi connectivity index (χ0v) is 11.8. The molecule has 0 spiro atoms. The van der Waals surface area contributed by atoms with Crippen molar-refractivity contribution in [3.05, 3.63) is 30.1 Å². The van der Waals surface area contributed by atoms with E-state index in [0.29, 0.717) is 19.0 Å². The van der Waals surface area contributed by atoms with E-state index in [1.165, 1.54) is 0 Å². The van der Waals surface area contributed by atoms with E-state index in [0.717, 1.165) is 23.4 Å². The summed E-state index contributed by atoms with van der Waals surface area (Å²) in [6, 6.07) is 8.34. The van der Waals surface area contributed by atoms with Crippen LogP contribution in [0.2, 0.25) is 0 Å². The normalized spacial score (nSPS) is 11.4. The molecule has 0 saturated heterocycles. The molecular formula is C15H21N3O. The molecule has 102 valence electrons. The minimum absolute atomic E-state index is 0.179. The second-order valence-electron chi connectivity index (χ2n) is 5.01. The Labute approximate surface area is 113 Å². The highest BCUT2D eigenvalue weighted by atomic mass is 16.1. The maximum absolute atomic E-state index is 11.9. The van der Waals surface area contributed by atoms with Crippen LogP contribution in [-0.4, -0.2) is 27.9 Å². The van der Waals surface area contributed by atoms with E-state index in [4.69, 9.17) is 0 Å². The van der Waals surface area contributed by atoms with Crippen molar-refractivity contribution in [1.82, 2.24) is 14.9 Å². The first-order chi connectivity index (χ1) is 9.11. The molecule has 0 radical (unpaired) electrons. The SMILES string of the molecule is CCn1c(CC(=O)CNC(C)C)nc2ccccc21. The number of ketones is 1. The van der Waals surface area contributed by atoms with E-state index in [2.05, 4.69) is 21.8 Å². The van der Waals surface area contributed by atoms with Crippen molar-refractivity contribution >= 4 is 16.8 Å². The number of hydrogen-bond acceptors (Lipinski definition) is 3. The standard InChI is InChI=1S/C15H21N3O/c1-4-18-14-8-6-5-7-13(14)17-15(18)9-12(19)10-16-11(2)3/h5-8,11,16H,4,9-10H2,1-3H3. The fourth-order valence-corrected chi connectivity index (χ4v) is 2.17. The van der Waals surface area contributed by atoms with E-state index >= 15 is 0 Å². The molecule has 4 heteroatoms. The summed E-state index contributed by atoms with van der Waals surface area (Å²) in [4.78, 5) is 16.5. The summed E-state index contributed by atoms with van der Waals surface area (Å²) < 4.78 is 2.11. The Morgan fingerprint density at radius 3 is 2.79 bits per heavy atom. The molecule has 1 aromatic carbocycles. The number of hydrogen-bond donors (Lipinski definition) is 1. The summed E-state index contributed by atoms with van der Waals surface area (Å²) in [7, 11) is 0. The Bertz CT molecular complexity index is 572. The summed E-state index contributed by atoms with van der Waals surface area (Å²) in [6.07, 6.45) is 0.391. The Morgan fingerprint density at radius 1 is 1.37 bits per heavy atom. The van der Waals surface area contributed by atoms with Crippen molar-refractivity contribution in [3.63, 3.8) is 0 Å². The van der Waals surface area contributed by atoms with Gasteiger partial charge in [0.2, 0.25) is 0 Å². The molecule has 1 heterocycles. The number of fused-ring (bicyclic) bond motifs is 1. The van der Waals surface area contributed by atoms with Crippen LogP contribution >= 0.6 is 0 Å². The lowest BCUT2D eigenvalue weighted by molar-refractivity contribution is -0.117. The number of aromatic nitrogens is 2. The third-order valence-electron chi connectivity index (χ3n) is 3.11. The Hall–Kier alpha value is -1.68. The second kappa shape index (κ2) is 5.97. The minimum Gasteiger partial charge on any atom is -0.328 e. The Kier molecular flexibility index (Phi) is 4.32. The van der Waals surface area contributed by atoms with Gasteiger partial charge in [-0.1, -0.05) is 26.0 Å². The van der Waals surface area contributed by atoms with Gasteiger partial charge in [-0.2, -0.15) is 0 Å². The molecule has 2 rings (SSSR count). The summed E-state index contributed by atoms with van der Waals surface area (Å²) in [5.74, 6) is 1.04. The largest absolute Gasteiger partial charge is 0.328 e. The zero-order valence-electron chi connectivity index (χ0n) is 11.8. The third kappa shape index (κ3) is 3.20. The smallest absolute Gasteiger partial charge is 0.154 e. The fraction of sp³-hybridized carbons (Fsp3) is 0.467. The van der Waals surface area contributed by atoms with Gasteiger partial charge in [0.15, 0.2) is 5.78 Å². The molecule has 1 aromatic heterocycles. The average molecular weight is 259 g/mol. The Morgan fingerprint density at radius 2 is 2.11 bits per heavy atom. The van der Waals surface area contributed by atoms with Gasteiger partial charge in [-0.05, 0) is 19.1 Å². The summed E-state index contributed by atoms with van der Waals surface area (Å²) in [5, 5.41) is 3.15. The molecule has 1 N–H and O–H groups in total. The first-order valence-corrected chi connectivity index (χ1v) is 6.81. The number of carbonyl (C=O) groups excluding carboxylic acids is 1. The molecule has 0 aliphatic carbocycles. The molecule has 0 unspecified atom stereocenters. The number of nitrogens with zero attached hydrogens (tertiary/aromatic N) is 2. The van der Waals surface area contributed by atoms with Crippen molar-refractivity contribution < 1.29 is 4.79 Å². The highest BCUT2D eigenvalue weighted by Gasteiger charge is 2.12. The molecule has 0 saturated carbocycles. The van der Waals surface area contributed by atoms with Crippen LogP contribution in [0.5, 0.6) is 0 Å². The first kappa shape index (κ1) is 13.7. The molecule has 0 fully saturated rings. The van der Waals surface area contributed by atoms with Gasteiger partial charge >= 0.3 is 0 Å². The van der Waals surface area contributed by atoms with Crippen molar-refractivity contribution in [3.8, 4) is 0 Å². The van der Waals surface area contributed by atoms with E-state index < -0.39 is 0 Å². The van der Waals surface area contributed by atoms with Crippen LogP contribution in [0.3, 0.4) is 0 Å². The van der Waals surface area contributed by atoms with Crippen molar-refractivity contribution in [2.45, 2.75) is 39.8 Å². The van der Waals surface area contributed by atoms with Crippen LogP contribution in [0, 0.1) is 0 Å². The maximum Gasteiger partial charge on any atom is 0.154 e.